The molecule has 0 unspecified atom stereocenters. The Labute approximate surface area is 89.9 Å². The predicted octanol–water partition coefficient (Wildman–Crippen LogP) is 1.38. The van der Waals surface area contributed by atoms with E-state index >= 15 is 0 Å². The summed E-state index contributed by atoms with van der Waals surface area (Å²) in [4.78, 5) is 4.22. The second-order valence-electron chi connectivity index (χ2n) is 3.14. The van der Waals surface area contributed by atoms with Gasteiger partial charge >= 0.3 is 0 Å². The summed E-state index contributed by atoms with van der Waals surface area (Å²) in [5.74, 6) is 0.711. The van der Waals surface area contributed by atoms with Gasteiger partial charge in [0.25, 0.3) is 0 Å². The Hall–Kier alpha value is -1.17. The minimum Gasteiger partial charge on any atom is -0.232 e. The molecule has 2 heterocycles. The summed E-state index contributed by atoms with van der Waals surface area (Å²) >= 11 is 3.23. The van der Waals surface area contributed by atoms with Gasteiger partial charge in [0.15, 0.2) is 0 Å². The van der Waals surface area contributed by atoms with Gasteiger partial charge in [-0.2, -0.15) is 10.1 Å². The van der Waals surface area contributed by atoms with Crippen LogP contribution in [0.3, 0.4) is 0 Å². The van der Waals surface area contributed by atoms with E-state index in [0.29, 0.717) is 10.7 Å². The number of aromatic nitrogens is 5. The number of halogens is 1. The van der Waals surface area contributed by atoms with Gasteiger partial charge in [-0.05, 0) is 35.8 Å². The third-order valence-corrected chi connectivity index (χ3v) is 2.25. The monoisotopic (exact) mass is 255 g/mol. The van der Waals surface area contributed by atoms with Gasteiger partial charge in [0.2, 0.25) is 10.7 Å². The van der Waals surface area contributed by atoms with Crippen LogP contribution in [0.1, 0.15) is 11.4 Å². The molecule has 0 bridgehead atoms. The van der Waals surface area contributed by atoms with Gasteiger partial charge in [0.05, 0.1) is 5.69 Å². The minimum absolute atomic E-state index is 0.572. The van der Waals surface area contributed by atoms with Crippen molar-refractivity contribution in [3.05, 3.63) is 22.2 Å². The number of hydrogen-bond acceptors (Lipinski definition) is 3. The normalized spacial score (nSPS) is 10.9. The average Bonchev–Trinajstić information content (AvgIpc) is 2.55. The van der Waals surface area contributed by atoms with Crippen LogP contribution in [-0.4, -0.2) is 24.5 Å². The van der Waals surface area contributed by atoms with E-state index in [9.17, 15) is 0 Å². The summed E-state index contributed by atoms with van der Waals surface area (Å²) < 4.78 is 4.03. The Morgan fingerprint density at radius 1 is 1.29 bits per heavy atom. The van der Waals surface area contributed by atoms with E-state index in [2.05, 4.69) is 31.1 Å². The Bertz CT molecular complexity index is 426. The molecule has 14 heavy (non-hydrogen) atoms. The van der Waals surface area contributed by atoms with Gasteiger partial charge < -0.3 is 0 Å². The fourth-order valence-electron chi connectivity index (χ4n) is 1.36. The van der Waals surface area contributed by atoms with E-state index in [4.69, 9.17) is 0 Å². The minimum atomic E-state index is 0.572. The molecule has 0 aliphatic rings. The molecule has 74 valence electrons. The van der Waals surface area contributed by atoms with E-state index in [1.807, 2.05) is 27.0 Å². The Kier molecular flexibility index (Phi) is 2.14. The lowest BCUT2D eigenvalue weighted by molar-refractivity contribution is 0.675. The molecular formula is C8H10BrN5. The molecule has 0 saturated heterocycles. The topological polar surface area (TPSA) is 48.5 Å². The van der Waals surface area contributed by atoms with Gasteiger partial charge in [-0.25, -0.2) is 9.36 Å². The van der Waals surface area contributed by atoms with E-state index in [-0.39, 0.29) is 0 Å². The van der Waals surface area contributed by atoms with Crippen molar-refractivity contribution in [2.45, 2.75) is 13.8 Å². The van der Waals surface area contributed by atoms with Crippen LogP contribution >= 0.6 is 15.9 Å². The third kappa shape index (κ3) is 1.45. The number of nitrogens with zero attached hydrogens (tertiary/aromatic N) is 5. The Balaban J connectivity index is 2.59. The maximum Gasteiger partial charge on any atom is 0.249 e. The van der Waals surface area contributed by atoms with Gasteiger partial charge in [0, 0.05) is 12.7 Å². The molecule has 0 radical (unpaired) electrons. The van der Waals surface area contributed by atoms with Crippen LogP contribution < -0.4 is 0 Å². The van der Waals surface area contributed by atoms with Crippen LogP contribution in [0, 0.1) is 13.8 Å². The first-order valence-electron chi connectivity index (χ1n) is 4.18. The molecule has 0 aliphatic heterocycles. The van der Waals surface area contributed by atoms with Crippen LogP contribution in [0.2, 0.25) is 0 Å². The molecule has 0 aliphatic carbocycles. The molecule has 0 spiro atoms. The van der Waals surface area contributed by atoms with E-state index in [1.165, 1.54) is 0 Å². The molecule has 5 nitrogen and oxygen atoms in total. The predicted molar refractivity (Wildman–Crippen MR) is 55.3 cm³/mol. The molecule has 2 aromatic heterocycles. The molecular weight excluding hydrogens is 246 g/mol. The van der Waals surface area contributed by atoms with E-state index < -0.39 is 0 Å². The first-order chi connectivity index (χ1) is 6.58. The quantitative estimate of drug-likeness (QED) is 0.774. The van der Waals surface area contributed by atoms with Crippen molar-refractivity contribution in [1.29, 1.82) is 0 Å². The summed E-state index contributed by atoms with van der Waals surface area (Å²) in [6.45, 7) is 3.94. The highest BCUT2D eigenvalue weighted by Crippen LogP contribution is 2.11. The lowest BCUT2D eigenvalue weighted by Crippen LogP contribution is -2.07. The fourth-order valence-corrected chi connectivity index (χ4v) is 1.76. The lowest BCUT2D eigenvalue weighted by atomic mass is 10.4. The second kappa shape index (κ2) is 3.20. The third-order valence-electron chi connectivity index (χ3n) is 1.91. The van der Waals surface area contributed by atoms with Crippen LogP contribution in [0.25, 0.3) is 5.95 Å². The second-order valence-corrected chi connectivity index (χ2v) is 3.85. The molecule has 6 heteroatoms. The molecule has 0 amide bonds. The molecule has 0 saturated carbocycles. The first kappa shape index (κ1) is 9.39. The summed E-state index contributed by atoms with van der Waals surface area (Å²) in [5.41, 5.74) is 2.02. The van der Waals surface area contributed by atoms with Crippen molar-refractivity contribution in [2.24, 2.45) is 7.05 Å². The van der Waals surface area contributed by atoms with E-state index in [1.54, 1.807) is 9.36 Å². The highest BCUT2D eigenvalue weighted by Gasteiger charge is 2.10. The average molecular weight is 256 g/mol. The summed E-state index contributed by atoms with van der Waals surface area (Å²) in [6, 6.07) is 2.00. The smallest absolute Gasteiger partial charge is 0.232 e. The molecule has 0 atom stereocenters. The van der Waals surface area contributed by atoms with Crippen molar-refractivity contribution >= 4 is 15.9 Å². The molecule has 0 N–H and O–H groups in total. The molecule has 2 rings (SSSR count). The largest absolute Gasteiger partial charge is 0.249 e. The van der Waals surface area contributed by atoms with Crippen LogP contribution in [0.4, 0.5) is 0 Å². The van der Waals surface area contributed by atoms with Crippen LogP contribution in [-0.2, 0) is 7.05 Å². The number of rotatable bonds is 1. The van der Waals surface area contributed by atoms with E-state index in [0.717, 1.165) is 11.4 Å². The molecule has 2 aromatic rings. The number of aryl methyl sites for hydroxylation is 3. The summed E-state index contributed by atoms with van der Waals surface area (Å²) in [6.07, 6.45) is 0. The van der Waals surface area contributed by atoms with Crippen molar-refractivity contribution in [3.8, 4) is 5.95 Å². The maximum absolute atomic E-state index is 4.33. The van der Waals surface area contributed by atoms with Gasteiger partial charge in [-0.1, -0.05) is 0 Å². The zero-order valence-electron chi connectivity index (χ0n) is 8.19. The Morgan fingerprint density at radius 2 is 2.00 bits per heavy atom. The highest BCUT2D eigenvalue weighted by atomic mass is 79.9. The summed E-state index contributed by atoms with van der Waals surface area (Å²) in [5, 5.41) is 8.43. The molecule has 0 aromatic carbocycles. The molecule has 0 fully saturated rings. The Morgan fingerprint density at radius 3 is 2.43 bits per heavy atom. The van der Waals surface area contributed by atoms with Crippen molar-refractivity contribution in [3.63, 3.8) is 0 Å². The fraction of sp³-hybridized carbons (Fsp3) is 0.375. The number of hydrogen-bond donors (Lipinski definition) is 0. The van der Waals surface area contributed by atoms with Crippen LogP contribution in [0.5, 0.6) is 0 Å². The maximum atomic E-state index is 4.33. The lowest BCUT2D eigenvalue weighted by Gasteiger charge is -2.00. The van der Waals surface area contributed by atoms with Gasteiger partial charge in [-0.15, -0.1) is 5.10 Å². The van der Waals surface area contributed by atoms with Crippen LogP contribution in [0.15, 0.2) is 10.8 Å². The van der Waals surface area contributed by atoms with Gasteiger partial charge in [0.1, 0.15) is 0 Å². The van der Waals surface area contributed by atoms with Crippen molar-refractivity contribution in [2.75, 3.05) is 0 Å². The zero-order chi connectivity index (χ0) is 10.3. The van der Waals surface area contributed by atoms with Crippen molar-refractivity contribution < 1.29 is 0 Å². The SMILES string of the molecule is Cc1cc(C)n(-c2nc(Br)nn2C)n1. The first-order valence-corrected chi connectivity index (χ1v) is 4.97. The zero-order valence-corrected chi connectivity index (χ0v) is 9.78. The standard InChI is InChI=1S/C8H10BrN5/c1-5-4-6(2)14(11-5)8-10-7(9)12-13(8)3/h4H,1-3H3. The highest BCUT2D eigenvalue weighted by molar-refractivity contribution is 9.10. The summed E-state index contributed by atoms with van der Waals surface area (Å²) in [7, 11) is 1.84. The van der Waals surface area contributed by atoms with Gasteiger partial charge in [-0.3, -0.25) is 0 Å². The van der Waals surface area contributed by atoms with Crippen molar-refractivity contribution in [1.82, 2.24) is 24.5 Å².